The fourth-order valence-electron chi connectivity index (χ4n) is 3.00. The molecule has 136 valence electrons. The first kappa shape index (κ1) is 19.0. The fourth-order valence-corrected chi connectivity index (χ4v) is 3.00. The average molecular weight is 345 g/mol. The Labute approximate surface area is 149 Å². The summed E-state index contributed by atoms with van der Waals surface area (Å²) in [4.78, 5) is 38.4. The number of piperidine rings is 1. The molecule has 0 aromatic heterocycles. The van der Waals surface area contributed by atoms with E-state index in [4.69, 9.17) is 0 Å². The first-order chi connectivity index (χ1) is 11.7. The summed E-state index contributed by atoms with van der Waals surface area (Å²) in [5.41, 5.74) is 1.36. The molecule has 0 bridgehead atoms. The van der Waals surface area contributed by atoms with E-state index in [1.54, 1.807) is 7.05 Å². The van der Waals surface area contributed by atoms with Gasteiger partial charge < -0.3 is 9.80 Å². The molecule has 0 radical (unpaired) electrons. The van der Waals surface area contributed by atoms with Crippen molar-refractivity contribution in [1.82, 2.24) is 15.1 Å². The second-order valence-corrected chi connectivity index (χ2v) is 7.25. The van der Waals surface area contributed by atoms with E-state index in [2.05, 4.69) is 38.2 Å². The first-order valence-corrected chi connectivity index (χ1v) is 8.57. The molecule has 0 saturated carbocycles. The monoisotopic (exact) mass is 345 g/mol. The van der Waals surface area contributed by atoms with Gasteiger partial charge in [0.1, 0.15) is 6.04 Å². The van der Waals surface area contributed by atoms with Crippen molar-refractivity contribution in [3.63, 3.8) is 0 Å². The predicted molar refractivity (Wildman–Crippen MR) is 96.0 cm³/mol. The van der Waals surface area contributed by atoms with Crippen molar-refractivity contribution >= 4 is 18.2 Å². The van der Waals surface area contributed by atoms with Crippen LogP contribution in [-0.2, 0) is 14.4 Å². The number of imide groups is 1. The van der Waals surface area contributed by atoms with E-state index >= 15 is 0 Å². The molecule has 1 aliphatic heterocycles. The van der Waals surface area contributed by atoms with Crippen LogP contribution >= 0.6 is 0 Å². The quantitative estimate of drug-likeness (QED) is 0.609. The number of rotatable bonds is 5. The number of hydrogen-bond donors (Lipinski definition) is 1. The third-order valence-corrected chi connectivity index (χ3v) is 5.30. The number of carbonyl (C=O) groups is 3. The van der Waals surface area contributed by atoms with Gasteiger partial charge in [0.05, 0.1) is 11.4 Å². The zero-order chi connectivity index (χ0) is 18.8. The minimum absolute atomic E-state index is 0.150. The third kappa shape index (κ3) is 3.83. The van der Waals surface area contributed by atoms with Crippen LogP contribution in [0.5, 0.6) is 0 Å². The lowest BCUT2D eigenvalue weighted by Crippen LogP contribution is -2.51. The zero-order valence-electron chi connectivity index (χ0n) is 15.6. The van der Waals surface area contributed by atoms with Gasteiger partial charge in [-0.05, 0) is 24.5 Å². The number of amides is 3. The molecule has 1 N–H and O–H groups in total. The van der Waals surface area contributed by atoms with Crippen LogP contribution in [0.2, 0.25) is 0 Å². The van der Waals surface area contributed by atoms with Crippen molar-refractivity contribution in [2.75, 3.05) is 14.1 Å². The Kier molecular flexibility index (Phi) is 5.50. The molecule has 2 unspecified atom stereocenters. The molecule has 3 amide bonds. The second kappa shape index (κ2) is 7.25. The van der Waals surface area contributed by atoms with Gasteiger partial charge in [0.25, 0.3) is 0 Å². The standard InChI is InChI=1S/C19H27N3O3/c1-13(2)19(3)10-8-14(21(4)12-23)15(9-11-19)22(5)16-6-7-17(24)20-18(16)25/h8-13,16H,6-7H2,1-5H3,(H,20,24,25). The molecule has 2 atom stereocenters. The van der Waals surface area contributed by atoms with Gasteiger partial charge in [-0.2, -0.15) is 0 Å². The molecule has 2 aliphatic rings. The van der Waals surface area contributed by atoms with Crippen LogP contribution in [-0.4, -0.2) is 48.2 Å². The van der Waals surface area contributed by atoms with E-state index in [1.807, 2.05) is 24.1 Å². The summed E-state index contributed by atoms with van der Waals surface area (Å²) in [5, 5.41) is 2.39. The zero-order valence-corrected chi connectivity index (χ0v) is 15.6. The Balaban J connectivity index is 2.44. The molecular weight excluding hydrogens is 318 g/mol. The van der Waals surface area contributed by atoms with Crippen LogP contribution in [0.4, 0.5) is 0 Å². The minimum atomic E-state index is -0.441. The average Bonchev–Trinajstić information content (AvgIpc) is 2.74. The number of hydrogen-bond acceptors (Lipinski definition) is 4. The van der Waals surface area contributed by atoms with Gasteiger partial charge in [0.15, 0.2) is 0 Å². The summed E-state index contributed by atoms with van der Waals surface area (Å²) < 4.78 is 0. The molecule has 6 nitrogen and oxygen atoms in total. The normalized spacial score (nSPS) is 26.6. The minimum Gasteiger partial charge on any atom is -0.361 e. The maximum atomic E-state index is 12.2. The highest BCUT2D eigenvalue weighted by Gasteiger charge is 2.33. The van der Waals surface area contributed by atoms with Crippen molar-refractivity contribution in [2.24, 2.45) is 11.3 Å². The molecule has 25 heavy (non-hydrogen) atoms. The van der Waals surface area contributed by atoms with Gasteiger partial charge in [-0.15, -0.1) is 0 Å². The van der Waals surface area contributed by atoms with E-state index in [0.717, 1.165) is 17.8 Å². The maximum Gasteiger partial charge on any atom is 0.249 e. The molecule has 2 rings (SSSR count). The lowest BCUT2D eigenvalue weighted by atomic mass is 9.79. The molecule has 0 spiro atoms. The molecule has 6 heteroatoms. The molecule has 1 fully saturated rings. The summed E-state index contributed by atoms with van der Waals surface area (Å²) in [6, 6.07) is -0.441. The fraction of sp³-hybridized carbons (Fsp3) is 0.526. The molecule has 0 aromatic rings. The molecule has 1 saturated heterocycles. The Morgan fingerprint density at radius 2 is 1.80 bits per heavy atom. The van der Waals surface area contributed by atoms with E-state index in [0.29, 0.717) is 18.8 Å². The van der Waals surface area contributed by atoms with E-state index in [-0.39, 0.29) is 17.2 Å². The van der Waals surface area contributed by atoms with Crippen molar-refractivity contribution in [1.29, 1.82) is 0 Å². The van der Waals surface area contributed by atoms with Gasteiger partial charge >= 0.3 is 0 Å². The molecule has 1 heterocycles. The van der Waals surface area contributed by atoms with E-state index in [9.17, 15) is 14.4 Å². The van der Waals surface area contributed by atoms with Crippen LogP contribution < -0.4 is 5.32 Å². The maximum absolute atomic E-state index is 12.2. The third-order valence-electron chi connectivity index (χ3n) is 5.30. The van der Waals surface area contributed by atoms with Crippen molar-refractivity contribution in [3.8, 4) is 0 Å². The van der Waals surface area contributed by atoms with Crippen LogP contribution in [0.1, 0.15) is 33.6 Å². The summed E-state index contributed by atoms with van der Waals surface area (Å²) >= 11 is 0. The largest absolute Gasteiger partial charge is 0.361 e. The molecular formula is C19H27N3O3. The van der Waals surface area contributed by atoms with Gasteiger partial charge in [0, 0.05) is 25.9 Å². The lowest BCUT2D eigenvalue weighted by molar-refractivity contribution is -0.136. The lowest BCUT2D eigenvalue weighted by Gasteiger charge is -2.33. The summed E-state index contributed by atoms with van der Waals surface area (Å²) in [5.74, 6) is -0.159. The van der Waals surface area contributed by atoms with Crippen molar-refractivity contribution in [2.45, 2.75) is 39.7 Å². The summed E-state index contributed by atoms with van der Waals surface area (Å²) in [7, 11) is 3.51. The SMILES string of the molecule is CC(C)C1(C)C=CC(N(C)C=O)=C(N(C)C2CCC(=O)NC2=O)C=C1. The van der Waals surface area contributed by atoms with Crippen LogP contribution in [0.3, 0.4) is 0 Å². The molecule has 1 aliphatic carbocycles. The van der Waals surface area contributed by atoms with Gasteiger partial charge in [0.2, 0.25) is 18.2 Å². The number of nitrogens with zero attached hydrogens (tertiary/aromatic N) is 2. The van der Waals surface area contributed by atoms with E-state index in [1.165, 1.54) is 4.90 Å². The van der Waals surface area contributed by atoms with Crippen molar-refractivity contribution < 1.29 is 14.4 Å². The van der Waals surface area contributed by atoms with E-state index < -0.39 is 6.04 Å². The van der Waals surface area contributed by atoms with Crippen LogP contribution in [0, 0.1) is 11.3 Å². The Morgan fingerprint density at radius 3 is 2.32 bits per heavy atom. The smallest absolute Gasteiger partial charge is 0.249 e. The van der Waals surface area contributed by atoms with Crippen LogP contribution in [0.15, 0.2) is 35.7 Å². The highest BCUT2D eigenvalue weighted by molar-refractivity contribution is 6.00. The van der Waals surface area contributed by atoms with Crippen LogP contribution in [0.25, 0.3) is 0 Å². The predicted octanol–water partition coefficient (Wildman–Crippen LogP) is 1.81. The highest BCUT2D eigenvalue weighted by Crippen LogP contribution is 2.35. The topological polar surface area (TPSA) is 69.7 Å². The van der Waals surface area contributed by atoms with Gasteiger partial charge in [-0.25, -0.2) is 0 Å². The van der Waals surface area contributed by atoms with Crippen molar-refractivity contribution in [3.05, 3.63) is 35.7 Å². The second-order valence-electron chi connectivity index (χ2n) is 7.25. The number of likely N-dealkylation sites (N-methyl/N-ethyl adjacent to an activating group) is 2. The Bertz CT molecular complexity index is 663. The number of carbonyl (C=O) groups excluding carboxylic acids is 3. The first-order valence-electron chi connectivity index (χ1n) is 8.57. The number of allylic oxidation sites excluding steroid dienone is 4. The summed E-state index contributed by atoms with van der Waals surface area (Å²) in [6.07, 6.45) is 9.64. The van der Waals surface area contributed by atoms with Gasteiger partial charge in [-0.3, -0.25) is 19.7 Å². The highest BCUT2D eigenvalue weighted by atomic mass is 16.2. The van der Waals surface area contributed by atoms with Gasteiger partial charge in [-0.1, -0.05) is 32.9 Å². The Hall–Kier alpha value is -2.37. The molecule has 0 aromatic carbocycles. The summed E-state index contributed by atoms with van der Waals surface area (Å²) in [6.45, 7) is 6.43. The number of nitrogens with one attached hydrogen (secondary N) is 1. The Morgan fingerprint density at radius 1 is 1.20 bits per heavy atom.